The van der Waals surface area contributed by atoms with E-state index in [0.29, 0.717) is 42.5 Å². The summed E-state index contributed by atoms with van der Waals surface area (Å²) in [5.41, 5.74) is 4.23. The van der Waals surface area contributed by atoms with Crippen molar-refractivity contribution in [1.29, 1.82) is 0 Å². The molecule has 0 saturated carbocycles. The standard InChI is InChI=1S/C37H38N2O6/c1-41-26-12-11-24-17-31(30-22-35(45-5)34(44-4)21-29(30)27(24)19-26)36-28-20-33(43-3)32(42-2)18-25(28)14-16-39(36)37(40)38-15-13-23-9-7-6-8-10-23/h6-12,17-22,36H,13-16H2,1-5H3,(H,38,40). The number of benzene rings is 5. The molecule has 232 valence electrons. The van der Waals surface area contributed by atoms with Crippen molar-refractivity contribution in [2.75, 3.05) is 48.6 Å². The fraction of sp³-hybridized carbons (Fsp3) is 0.270. The maximum absolute atomic E-state index is 14.1. The summed E-state index contributed by atoms with van der Waals surface area (Å²) in [5.74, 6) is 3.26. The van der Waals surface area contributed by atoms with Gasteiger partial charge in [0.15, 0.2) is 23.0 Å². The Labute approximate surface area is 263 Å². The first-order chi connectivity index (χ1) is 22.0. The van der Waals surface area contributed by atoms with Crippen LogP contribution in [0.1, 0.15) is 28.3 Å². The number of fused-ring (bicyclic) bond motifs is 4. The molecule has 1 atom stereocenters. The highest BCUT2D eigenvalue weighted by molar-refractivity contribution is 6.11. The number of methoxy groups -OCH3 is 5. The van der Waals surface area contributed by atoms with Crippen LogP contribution in [0.25, 0.3) is 21.5 Å². The van der Waals surface area contributed by atoms with Gasteiger partial charge in [0.2, 0.25) is 0 Å². The van der Waals surface area contributed by atoms with Gasteiger partial charge in [0.05, 0.1) is 41.6 Å². The van der Waals surface area contributed by atoms with Crippen molar-refractivity contribution in [3.8, 4) is 28.7 Å². The third-order valence-corrected chi connectivity index (χ3v) is 8.66. The van der Waals surface area contributed by atoms with Gasteiger partial charge in [0.1, 0.15) is 5.75 Å². The summed E-state index contributed by atoms with van der Waals surface area (Å²) in [5, 5.41) is 7.14. The van der Waals surface area contributed by atoms with Crippen molar-refractivity contribution in [1.82, 2.24) is 10.2 Å². The summed E-state index contributed by atoms with van der Waals surface area (Å²) in [6.45, 7) is 1.05. The molecule has 0 aliphatic carbocycles. The quantitative estimate of drug-likeness (QED) is 0.183. The monoisotopic (exact) mass is 606 g/mol. The molecule has 45 heavy (non-hydrogen) atoms. The van der Waals surface area contributed by atoms with Crippen LogP contribution in [0.4, 0.5) is 4.79 Å². The molecule has 1 N–H and O–H groups in total. The first-order valence-electron chi connectivity index (χ1n) is 15.0. The molecule has 5 aromatic rings. The summed E-state index contributed by atoms with van der Waals surface area (Å²) < 4.78 is 28.5. The number of nitrogens with one attached hydrogen (secondary N) is 1. The SMILES string of the molecule is COc1ccc2cc(C3c4cc(OC)c(OC)cc4CCN3C(=O)NCCc3ccccc3)c3cc(OC)c(OC)cc3c2c1. The van der Waals surface area contributed by atoms with Gasteiger partial charge >= 0.3 is 6.03 Å². The van der Waals surface area contributed by atoms with Gasteiger partial charge in [0.25, 0.3) is 0 Å². The molecular weight excluding hydrogens is 568 g/mol. The van der Waals surface area contributed by atoms with Gasteiger partial charge in [-0.3, -0.25) is 0 Å². The van der Waals surface area contributed by atoms with Crippen LogP contribution >= 0.6 is 0 Å². The van der Waals surface area contributed by atoms with E-state index in [4.69, 9.17) is 23.7 Å². The van der Waals surface area contributed by atoms with E-state index in [-0.39, 0.29) is 6.03 Å². The maximum Gasteiger partial charge on any atom is 0.318 e. The van der Waals surface area contributed by atoms with E-state index >= 15 is 0 Å². The molecular formula is C37H38N2O6. The van der Waals surface area contributed by atoms with Crippen LogP contribution in [0.5, 0.6) is 28.7 Å². The van der Waals surface area contributed by atoms with Crippen LogP contribution in [-0.2, 0) is 12.8 Å². The Balaban J connectivity index is 1.55. The van der Waals surface area contributed by atoms with Crippen molar-refractivity contribution in [3.63, 3.8) is 0 Å². The van der Waals surface area contributed by atoms with E-state index < -0.39 is 6.04 Å². The molecule has 8 heteroatoms. The smallest absolute Gasteiger partial charge is 0.318 e. The Morgan fingerprint density at radius 1 is 0.711 bits per heavy atom. The Kier molecular flexibility index (Phi) is 8.56. The highest BCUT2D eigenvalue weighted by atomic mass is 16.5. The molecule has 1 heterocycles. The van der Waals surface area contributed by atoms with E-state index in [1.165, 1.54) is 5.56 Å². The largest absolute Gasteiger partial charge is 0.497 e. The number of rotatable bonds is 9. The van der Waals surface area contributed by atoms with Crippen LogP contribution in [0.3, 0.4) is 0 Å². The predicted octanol–water partition coefficient (Wildman–Crippen LogP) is 6.94. The molecule has 0 spiro atoms. The second-order valence-electron chi connectivity index (χ2n) is 11.0. The summed E-state index contributed by atoms with van der Waals surface area (Å²) in [6, 6.07) is 25.9. The maximum atomic E-state index is 14.1. The van der Waals surface area contributed by atoms with Gasteiger partial charge in [-0.2, -0.15) is 0 Å². The minimum atomic E-state index is -0.419. The highest BCUT2D eigenvalue weighted by Crippen LogP contribution is 2.46. The normalized spacial score (nSPS) is 14.2. The minimum Gasteiger partial charge on any atom is -0.497 e. The Bertz CT molecular complexity index is 1860. The fourth-order valence-electron chi connectivity index (χ4n) is 6.39. The zero-order valence-electron chi connectivity index (χ0n) is 26.3. The molecule has 6 rings (SSSR count). The molecule has 8 nitrogen and oxygen atoms in total. The van der Waals surface area contributed by atoms with E-state index in [0.717, 1.165) is 50.4 Å². The average molecular weight is 607 g/mol. The second-order valence-corrected chi connectivity index (χ2v) is 11.0. The summed E-state index contributed by atoms with van der Waals surface area (Å²) in [6.07, 6.45) is 1.42. The molecule has 0 bridgehead atoms. The lowest BCUT2D eigenvalue weighted by Gasteiger charge is -2.39. The highest BCUT2D eigenvalue weighted by Gasteiger charge is 2.35. The lowest BCUT2D eigenvalue weighted by molar-refractivity contribution is 0.180. The molecule has 0 aromatic heterocycles. The van der Waals surface area contributed by atoms with Crippen LogP contribution in [0.2, 0.25) is 0 Å². The number of carbonyl (C=O) groups excluding carboxylic acids is 1. The number of hydrogen-bond acceptors (Lipinski definition) is 6. The van der Waals surface area contributed by atoms with Crippen LogP contribution in [0, 0.1) is 0 Å². The Morgan fingerprint density at radius 2 is 1.38 bits per heavy atom. The second kappa shape index (κ2) is 12.9. The van der Waals surface area contributed by atoms with Crippen molar-refractivity contribution >= 4 is 27.6 Å². The summed E-state index contributed by atoms with van der Waals surface area (Å²) in [4.78, 5) is 16.0. The van der Waals surface area contributed by atoms with Crippen molar-refractivity contribution < 1.29 is 28.5 Å². The van der Waals surface area contributed by atoms with Gasteiger partial charge in [-0.1, -0.05) is 36.4 Å². The van der Waals surface area contributed by atoms with Crippen molar-refractivity contribution in [2.45, 2.75) is 18.9 Å². The Hall–Kier alpha value is -5.11. The fourth-order valence-corrected chi connectivity index (χ4v) is 6.39. The predicted molar refractivity (Wildman–Crippen MR) is 176 cm³/mol. The molecule has 0 saturated heterocycles. The lowest BCUT2D eigenvalue weighted by Crippen LogP contribution is -2.46. The van der Waals surface area contributed by atoms with Crippen molar-refractivity contribution in [3.05, 3.63) is 101 Å². The number of ether oxygens (including phenoxy) is 5. The van der Waals surface area contributed by atoms with Gasteiger partial charge in [-0.05, 0) is 99.1 Å². The number of carbonyl (C=O) groups is 1. The number of urea groups is 1. The van der Waals surface area contributed by atoms with E-state index in [1.54, 1.807) is 35.5 Å². The lowest BCUT2D eigenvalue weighted by atomic mass is 9.84. The molecule has 0 radical (unpaired) electrons. The topological polar surface area (TPSA) is 78.5 Å². The first-order valence-corrected chi connectivity index (χ1v) is 15.0. The van der Waals surface area contributed by atoms with E-state index in [9.17, 15) is 4.79 Å². The van der Waals surface area contributed by atoms with Crippen LogP contribution in [-0.4, -0.2) is 59.6 Å². The number of amides is 2. The minimum absolute atomic E-state index is 0.125. The van der Waals surface area contributed by atoms with Crippen LogP contribution in [0.15, 0.2) is 78.9 Å². The number of hydrogen-bond donors (Lipinski definition) is 1. The summed E-state index contributed by atoms with van der Waals surface area (Å²) >= 11 is 0. The van der Waals surface area contributed by atoms with Gasteiger partial charge in [-0.15, -0.1) is 0 Å². The zero-order chi connectivity index (χ0) is 31.5. The Morgan fingerprint density at radius 3 is 2.07 bits per heavy atom. The zero-order valence-corrected chi connectivity index (χ0v) is 26.3. The average Bonchev–Trinajstić information content (AvgIpc) is 3.09. The van der Waals surface area contributed by atoms with E-state index in [1.807, 2.05) is 59.5 Å². The molecule has 2 amide bonds. The van der Waals surface area contributed by atoms with Crippen LogP contribution < -0.4 is 29.0 Å². The number of nitrogens with zero attached hydrogens (tertiary/aromatic N) is 1. The molecule has 5 aromatic carbocycles. The molecule has 1 aliphatic heterocycles. The molecule has 0 fully saturated rings. The van der Waals surface area contributed by atoms with E-state index in [2.05, 4.69) is 29.6 Å². The van der Waals surface area contributed by atoms with Gasteiger partial charge < -0.3 is 33.9 Å². The van der Waals surface area contributed by atoms with Gasteiger partial charge in [0, 0.05) is 13.1 Å². The molecule has 1 unspecified atom stereocenters. The van der Waals surface area contributed by atoms with Crippen molar-refractivity contribution in [2.24, 2.45) is 0 Å². The van der Waals surface area contributed by atoms with Gasteiger partial charge in [-0.25, -0.2) is 4.79 Å². The first kappa shape index (κ1) is 29.9. The molecule has 1 aliphatic rings. The summed E-state index contributed by atoms with van der Waals surface area (Å²) in [7, 11) is 8.20. The third kappa shape index (κ3) is 5.64. The third-order valence-electron chi connectivity index (χ3n) is 8.66.